The average Bonchev–Trinajstić information content (AvgIpc) is 2.33. The minimum Gasteiger partial charge on any atom is -0.388 e. The van der Waals surface area contributed by atoms with E-state index in [1.807, 2.05) is 49.6 Å². The van der Waals surface area contributed by atoms with E-state index in [9.17, 15) is 0 Å². The summed E-state index contributed by atoms with van der Waals surface area (Å²) in [6.45, 7) is 0. The largest absolute Gasteiger partial charge is 0.388 e. The number of anilines is 1. The number of nitrogens with zero attached hydrogens (tertiary/aromatic N) is 1. The van der Waals surface area contributed by atoms with Crippen molar-refractivity contribution in [2.45, 2.75) is 6.42 Å². The monoisotopic (exact) mass is 232 g/mol. The van der Waals surface area contributed by atoms with Gasteiger partial charge in [0.05, 0.1) is 0 Å². The molecule has 1 N–H and O–H groups in total. The summed E-state index contributed by atoms with van der Waals surface area (Å²) in [5, 5.41) is 3.89. The van der Waals surface area contributed by atoms with E-state index in [2.05, 4.69) is 10.3 Å². The van der Waals surface area contributed by atoms with E-state index in [1.54, 1.807) is 0 Å². The summed E-state index contributed by atoms with van der Waals surface area (Å²) in [4.78, 5) is 4.31. The van der Waals surface area contributed by atoms with Crippen molar-refractivity contribution in [3.05, 3.63) is 58.9 Å². The second kappa shape index (κ2) is 4.99. The molecular formula is C13H13ClN2. The highest BCUT2D eigenvalue weighted by Gasteiger charge is 2.03. The van der Waals surface area contributed by atoms with Crippen molar-refractivity contribution in [1.29, 1.82) is 0 Å². The Hall–Kier alpha value is -1.54. The zero-order chi connectivity index (χ0) is 11.4. The molecule has 0 unspecified atom stereocenters. The number of hydrogen-bond donors (Lipinski definition) is 1. The third-order valence-corrected chi connectivity index (χ3v) is 2.67. The van der Waals surface area contributed by atoms with E-state index in [-0.39, 0.29) is 0 Å². The average molecular weight is 233 g/mol. The molecule has 0 amide bonds. The number of nitrogens with one attached hydrogen (secondary N) is 1. The molecule has 16 heavy (non-hydrogen) atoms. The van der Waals surface area contributed by atoms with Crippen LogP contribution in [0.15, 0.2) is 42.6 Å². The van der Waals surface area contributed by atoms with Gasteiger partial charge in [-0.05, 0) is 29.8 Å². The van der Waals surface area contributed by atoms with Crippen LogP contribution in [0.4, 0.5) is 5.69 Å². The standard InChI is InChI=1S/C13H13ClN2/c1-15-13-9-11(14)6-5-10(13)8-12-4-2-3-7-16-12/h2-7,9,15H,8H2,1H3. The van der Waals surface area contributed by atoms with Crippen LogP contribution in [0.3, 0.4) is 0 Å². The van der Waals surface area contributed by atoms with Crippen molar-refractivity contribution in [1.82, 2.24) is 4.98 Å². The zero-order valence-electron chi connectivity index (χ0n) is 9.07. The van der Waals surface area contributed by atoms with Crippen LogP contribution in [0, 0.1) is 0 Å². The maximum Gasteiger partial charge on any atom is 0.0448 e. The third-order valence-electron chi connectivity index (χ3n) is 2.44. The number of benzene rings is 1. The highest BCUT2D eigenvalue weighted by atomic mass is 35.5. The minimum atomic E-state index is 0.745. The molecule has 1 aromatic carbocycles. The molecule has 0 bridgehead atoms. The van der Waals surface area contributed by atoms with Crippen LogP contribution in [0.2, 0.25) is 5.02 Å². The van der Waals surface area contributed by atoms with Gasteiger partial charge < -0.3 is 5.32 Å². The van der Waals surface area contributed by atoms with Gasteiger partial charge in [0.1, 0.15) is 0 Å². The van der Waals surface area contributed by atoms with Crippen LogP contribution in [0.5, 0.6) is 0 Å². The molecule has 2 nitrogen and oxygen atoms in total. The summed E-state index contributed by atoms with van der Waals surface area (Å²) < 4.78 is 0. The van der Waals surface area contributed by atoms with Gasteiger partial charge in [-0.1, -0.05) is 23.7 Å². The summed E-state index contributed by atoms with van der Waals surface area (Å²) in [5.41, 5.74) is 3.31. The Labute approximate surface area is 100 Å². The number of pyridine rings is 1. The van der Waals surface area contributed by atoms with Gasteiger partial charge in [0.2, 0.25) is 0 Å². The second-order valence-electron chi connectivity index (χ2n) is 3.55. The van der Waals surface area contributed by atoms with Crippen molar-refractivity contribution in [3.63, 3.8) is 0 Å². The topological polar surface area (TPSA) is 24.9 Å². The first-order valence-corrected chi connectivity index (χ1v) is 5.53. The molecular weight excluding hydrogens is 220 g/mol. The Kier molecular flexibility index (Phi) is 3.42. The van der Waals surface area contributed by atoms with E-state index in [4.69, 9.17) is 11.6 Å². The highest BCUT2D eigenvalue weighted by molar-refractivity contribution is 6.30. The number of rotatable bonds is 3. The zero-order valence-corrected chi connectivity index (χ0v) is 9.83. The van der Waals surface area contributed by atoms with Crippen molar-refractivity contribution in [2.24, 2.45) is 0 Å². The normalized spacial score (nSPS) is 10.1. The molecule has 3 heteroatoms. The fourth-order valence-corrected chi connectivity index (χ4v) is 1.81. The van der Waals surface area contributed by atoms with Gasteiger partial charge in [0.25, 0.3) is 0 Å². The molecule has 2 rings (SSSR count). The van der Waals surface area contributed by atoms with Gasteiger partial charge in [0.15, 0.2) is 0 Å². The van der Waals surface area contributed by atoms with Gasteiger partial charge in [-0.25, -0.2) is 0 Å². The van der Waals surface area contributed by atoms with Crippen LogP contribution < -0.4 is 5.32 Å². The molecule has 2 aromatic rings. The van der Waals surface area contributed by atoms with Crippen molar-refractivity contribution >= 4 is 17.3 Å². The number of halogens is 1. The van der Waals surface area contributed by atoms with E-state index < -0.39 is 0 Å². The van der Waals surface area contributed by atoms with E-state index in [0.29, 0.717) is 0 Å². The predicted octanol–water partition coefficient (Wildman–Crippen LogP) is 3.37. The molecule has 0 radical (unpaired) electrons. The summed E-state index contributed by atoms with van der Waals surface area (Å²) in [5.74, 6) is 0. The Morgan fingerprint density at radius 3 is 2.81 bits per heavy atom. The maximum absolute atomic E-state index is 5.94. The van der Waals surface area contributed by atoms with Gasteiger partial charge >= 0.3 is 0 Å². The Morgan fingerprint density at radius 2 is 2.12 bits per heavy atom. The lowest BCUT2D eigenvalue weighted by atomic mass is 10.1. The Morgan fingerprint density at radius 1 is 1.25 bits per heavy atom. The minimum absolute atomic E-state index is 0.745. The number of aromatic nitrogens is 1. The van der Waals surface area contributed by atoms with Crippen LogP contribution in [-0.4, -0.2) is 12.0 Å². The third kappa shape index (κ3) is 2.52. The van der Waals surface area contributed by atoms with Crippen LogP contribution in [0.1, 0.15) is 11.3 Å². The van der Waals surface area contributed by atoms with Crippen LogP contribution in [0.25, 0.3) is 0 Å². The summed E-state index contributed by atoms with van der Waals surface area (Å²) in [6.07, 6.45) is 2.62. The molecule has 1 aromatic heterocycles. The van der Waals surface area contributed by atoms with Crippen molar-refractivity contribution in [2.75, 3.05) is 12.4 Å². The van der Waals surface area contributed by atoms with Gasteiger partial charge in [-0.2, -0.15) is 0 Å². The van der Waals surface area contributed by atoms with Crippen LogP contribution in [-0.2, 0) is 6.42 Å². The Bertz CT molecular complexity index is 469. The van der Waals surface area contributed by atoms with E-state index in [0.717, 1.165) is 22.8 Å². The first-order chi connectivity index (χ1) is 7.79. The molecule has 0 fully saturated rings. The fourth-order valence-electron chi connectivity index (χ4n) is 1.63. The molecule has 0 aliphatic heterocycles. The quantitative estimate of drug-likeness (QED) is 0.878. The van der Waals surface area contributed by atoms with Crippen molar-refractivity contribution in [3.8, 4) is 0 Å². The van der Waals surface area contributed by atoms with Gasteiger partial charge in [0, 0.05) is 36.1 Å². The molecule has 0 saturated heterocycles. The maximum atomic E-state index is 5.94. The smallest absolute Gasteiger partial charge is 0.0448 e. The van der Waals surface area contributed by atoms with Crippen molar-refractivity contribution < 1.29 is 0 Å². The number of hydrogen-bond acceptors (Lipinski definition) is 2. The van der Waals surface area contributed by atoms with E-state index >= 15 is 0 Å². The summed E-state index contributed by atoms with van der Waals surface area (Å²) in [7, 11) is 1.90. The van der Waals surface area contributed by atoms with Gasteiger partial charge in [-0.3, -0.25) is 4.98 Å². The molecule has 0 saturated carbocycles. The molecule has 0 atom stereocenters. The van der Waals surface area contributed by atoms with E-state index in [1.165, 1.54) is 5.56 Å². The fraction of sp³-hybridized carbons (Fsp3) is 0.154. The predicted molar refractivity (Wildman–Crippen MR) is 68.0 cm³/mol. The molecule has 82 valence electrons. The first kappa shape index (κ1) is 11.0. The van der Waals surface area contributed by atoms with Gasteiger partial charge in [-0.15, -0.1) is 0 Å². The highest BCUT2D eigenvalue weighted by Crippen LogP contribution is 2.22. The first-order valence-electron chi connectivity index (χ1n) is 5.15. The molecule has 0 aliphatic carbocycles. The SMILES string of the molecule is CNc1cc(Cl)ccc1Cc1ccccn1. The molecule has 0 spiro atoms. The summed E-state index contributed by atoms with van der Waals surface area (Å²) in [6, 6.07) is 11.8. The van der Waals surface area contributed by atoms with Crippen LogP contribution >= 0.6 is 11.6 Å². The Balaban J connectivity index is 2.28. The second-order valence-corrected chi connectivity index (χ2v) is 3.99. The lowest BCUT2D eigenvalue weighted by Gasteiger charge is -2.09. The lowest BCUT2D eigenvalue weighted by Crippen LogP contribution is -1.97. The molecule has 0 aliphatic rings. The lowest BCUT2D eigenvalue weighted by molar-refractivity contribution is 1.07. The summed E-state index contributed by atoms with van der Waals surface area (Å²) >= 11 is 5.94. The molecule has 1 heterocycles.